The van der Waals surface area contributed by atoms with Crippen LogP contribution in [-0.2, 0) is 4.79 Å². The first-order valence-corrected chi connectivity index (χ1v) is 16.8. The topological polar surface area (TPSA) is 183 Å². The molecule has 13 nitrogen and oxygen atoms in total. The van der Waals surface area contributed by atoms with Gasteiger partial charge in [-0.2, -0.15) is 0 Å². The Bertz CT molecular complexity index is 2150. The summed E-state index contributed by atoms with van der Waals surface area (Å²) in [4.78, 5) is 44.4. The van der Waals surface area contributed by atoms with Crippen molar-refractivity contribution < 1.29 is 34.3 Å². The van der Waals surface area contributed by atoms with E-state index in [9.17, 15) is 29.9 Å². The molecule has 0 radical (unpaired) electrons. The highest BCUT2D eigenvalue weighted by molar-refractivity contribution is 6.93. The Labute approximate surface area is 315 Å². The van der Waals surface area contributed by atoms with Crippen molar-refractivity contribution in [1.29, 1.82) is 0 Å². The number of ether oxygens (including phenoxy) is 1. The van der Waals surface area contributed by atoms with Gasteiger partial charge in [0.1, 0.15) is 11.5 Å². The summed E-state index contributed by atoms with van der Waals surface area (Å²) >= 11 is 8.80. The fraction of sp³-hybridized carbons (Fsp3) is 0.184. The van der Waals surface area contributed by atoms with E-state index >= 15 is 0 Å². The molecular formula is C38H37Cl2N5O8. The lowest BCUT2D eigenvalue weighted by molar-refractivity contribution is -0.384. The lowest BCUT2D eigenvalue weighted by Gasteiger charge is -2.19. The van der Waals surface area contributed by atoms with E-state index in [1.165, 1.54) is 24.3 Å². The van der Waals surface area contributed by atoms with Gasteiger partial charge >= 0.3 is 4.70 Å². The number of benzene rings is 5. The van der Waals surface area contributed by atoms with Gasteiger partial charge in [-0.3, -0.25) is 34.9 Å². The summed E-state index contributed by atoms with van der Waals surface area (Å²) in [6.07, 6.45) is 0. The predicted molar refractivity (Wildman–Crippen MR) is 206 cm³/mol. The van der Waals surface area contributed by atoms with Crippen LogP contribution >= 0.6 is 23.2 Å². The quantitative estimate of drug-likeness (QED) is 0.0586. The number of nitrogens with zero attached hydrogens (tertiary/aromatic N) is 2. The standard InChI is InChI=1S/C26H23N3O5.C11H14N2O2.CCl2O/c1-15-8-9-16(2)21(12-15)28-26(31)20-14-24(18-6-4-5-7-19(18)25(20)30)34-23-11-10-17(29(32)33)13-22(23)27-3;1-11(8-14)7-13(12-10(11)15)9-5-3-2-4-6-9;2-1(3)4/h4-14,27,30H,1-3H3,(H,28,31);2-6,14H,7-8H2,1H3,(H,12,15);. The monoisotopic (exact) mass is 761 g/mol. The molecule has 1 aliphatic rings. The number of rotatable bonds is 8. The van der Waals surface area contributed by atoms with Gasteiger partial charge in [0.15, 0.2) is 5.75 Å². The van der Waals surface area contributed by atoms with E-state index in [4.69, 9.17) is 9.53 Å². The van der Waals surface area contributed by atoms with Gasteiger partial charge in [-0.1, -0.05) is 54.6 Å². The lowest BCUT2D eigenvalue weighted by Crippen LogP contribution is -2.34. The maximum Gasteiger partial charge on any atom is 0.313 e. The molecule has 0 bridgehead atoms. The number of phenols is 1. The van der Waals surface area contributed by atoms with Crippen LogP contribution in [0, 0.1) is 29.4 Å². The first kappa shape index (κ1) is 39.9. The van der Waals surface area contributed by atoms with Crippen LogP contribution in [0.3, 0.4) is 0 Å². The summed E-state index contributed by atoms with van der Waals surface area (Å²) in [5, 5.41) is 39.8. The number of para-hydroxylation sites is 1. The number of fused-ring (bicyclic) bond motifs is 1. The largest absolute Gasteiger partial charge is 0.506 e. The molecule has 0 aliphatic carbocycles. The highest BCUT2D eigenvalue weighted by Crippen LogP contribution is 2.41. The van der Waals surface area contributed by atoms with Gasteiger partial charge in [0.2, 0.25) is 5.91 Å². The van der Waals surface area contributed by atoms with Gasteiger partial charge in [-0.15, -0.1) is 0 Å². The minimum absolute atomic E-state index is 0.0440. The van der Waals surface area contributed by atoms with Gasteiger partial charge in [-0.05, 0) is 85.4 Å². The Kier molecular flexibility index (Phi) is 13.2. The second kappa shape index (κ2) is 17.6. The summed E-state index contributed by atoms with van der Waals surface area (Å²) < 4.78 is 5.22. The fourth-order valence-corrected chi connectivity index (χ4v) is 5.28. The lowest BCUT2D eigenvalue weighted by atomic mass is 9.92. The molecule has 6 rings (SSSR count). The third-order valence-corrected chi connectivity index (χ3v) is 8.24. The Hall–Kier alpha value is -5.89. The smallest absolute Gasteiger partial charge is 0.313 e. The molecule has 5 N–H and O–H groups in total. The number of amides is 2. The number of hydrazine groups is 1. The summed E-state index contributed by atoms with van der Waals surface area (Å²) in [7, 11) is 1.63. The number of phenolic OH excluding ortho intramolecular Hbond substituents is 1. The van der Waals surface area contributed by atoms with Crippen LogP contribution in [0.2, 0.25) is 0 Å². The Morgan fingerprint density at radius 2 is 1.58 bits per heavy atom. The Morgan fingerprint density at radius 3 is 2.19 bits per heavy atom. The number of aliphatic hydroxyl groups excluding tert-OH is 1. The molecule has 1 atom stereocenters. The van der Waals surface area contributed by atoms with Crippen molar-refractivity contribution in [3.05, 3.63) is 124 Å². The van der Waals surface area contributed by atoms with Crippen LogP contribution in [0.5, 0.6) is 17.2 Å². The zero-order valence-corrected chi connectivity index (χ0v) is 30.7. The normalized spacial score (nSPS) is 14.5. The van der Waals surface area contributed by atoms with Gasteiger partial charge in [0, 0.05) is 35.6 Å². The van der Waals surface area contributed by atoms with Crippen LogP contribution in [0.25, 0.3) is 10.8 Å². The maximum absolute atomic E-state index is 13.2. The van der Waals surface area contributed by atoms with Gasteiger partial charge in [-0.25, -0.2) is 0 Å². The van der Waals surface area contributed by atoms with Crippen molar-refractivity contribution in [2.75, 3.05) is 35.8 Å². The van der Waals surface area contributed by atoms with Crippen LogP contribution in [0.1, 0.15) is 28.4 Å². The molecule has 15 heteroatoms. The number of nitrogens with one attached hydrogen (secondary N) is 3. The third-order valence-electron chi connectivity index (χ3n) is 8.24. The zero-order chi connectivity index (χ0) is 38.9. The fourth-order valence-electron chi connectivity index (χ4n) is 5.28. The summed E-state index contributed by atoms with van der Waals surface area (Å²) in [6.45, 7) is 5.93. The second-order valence-corrected chi connectivity index (χ2v) is 13.1. The Morgan fingerprint density at radius 1 is 0.943 bits per heavy atom. The molecule has 1 heterocycles. The average Bonchev–Trinajstić information content (AvgIpc) is 3.45. The summed E-state index contributed by atoms with van der Waals surface area (Å²) in [6, 6.07) is 28.0. The maximum atomic E-state index is 13.2. The number of anilines is 3. The second-order valence-electron chi connectivity index (χ2n) is 12.2. The molecule has 0 spiro atoms. The number of aryl methyl sites for hydroxylation is 2. The van der Waals surface area contributed by atoms with Crippen molar-refractivity contribution in [2.45, 2.75) is 20.8 Å². The molecule has 2 amide bonds. The molecule has 5 aromatic rings. The highest BCUT2D eigenvalue weighted by atomic mass is 35.5. The predicted octanol–water partition coefficient (Wildman–Crippen LogP) is 8.28. The van der Waals surface area contributed by atoms with E-state index < -0.39 is 20.9 Å². The number of non-ortho nitro benzene ring substituents is 1. The molecular weight excluding hydrogens is 725 g/mol. The number of hydrogen-bond donors (Lipinski definition) is 5. The number of halogens is 2. The van der Waals surface area contributed by atoms with Crippen molar-refractivity contribution >= 4 is 73.2 Å². The van der Waals surface area contributed by atoms with Gasteiger partial charge < -0.3 is 25.6 Å². The SMILES string of the molecule is CC1(CO)CN(c2ccccc2)NC1=O.CNc1cc([N+](=O)[O-])ccc1Oc1cc(C(=O)Nc2cc(C)ccc2C)c(O)c2ccccc12.O=C(Cl)Cl. The van der Waals surface area contributed by atoms with E-state index in [1.807, 2.05) is 62.4 Å². The number of aliphatic hydroxyl groups is 1. The molecule has 1 unspecified atom stereocenters. The van der Waals surface area contributed by atoms with Crippen LogP contribution in [0.4, 0.5) is 27.5 Å². The number of hydrogen-bond acceptors (Lipinski definition) is 10. The van der Waals surface area contributed by atoms with E-state index in [-0.39, 0.29) is 29.5 Å². The first-order chi connectivity index (χ1) is 25.2. The number of nitro benzene ring substituents is 1. The number of carbonyl (C=O) groups is 3. The third kappa shape index (κ3) is 9.92. The van der Waals surface area contributed by atoms with Crippen LogP contribution in [0.15, 0.2) is 97.1 Å². The van der Waals surface area contributed by atoms with E-state index in [1.54, 1.807) is 43.2 Å². The Balaban J connectivity index is 0.000000272. The minimum atomic E-state index is -0.889. The highest BCUT2D eigenvalue weighted by Gasteiger charge is 2.41. The molecule has 1 fully saturated rings. The molecule has 0 aromatic heterocycles. The molecule has 5 aromatic carbocycles. The van der Waals surface area contributed by atoms with Crippen molar-refractivity contribution in [3.8, 4) is 17.2 Å². The average molecular weight is 763 g/mol. The minimum Gasteiger partial charge on any atom is -0.506 e. The molecule has 1 saturated heterocycles. The van der Waals surface area contributed by atoms with Crippen LogP contribution in [-0.4, -0.2) is 51.9 Å². The van der Waals surface area contributed by atoms with Crippen molar-refractivity contribution in [3.63, 3.8) is 0 Å². The number of aromatic hydroxyl groups is 1. The number of carbonyl (C=O) groups excluding carboxylic acids is 3. The number of nitro groups is 1. The van der Waals surface area contributed by atoms with Gasteiger partial charge in [0.05, 0.1) is 40.4 Å². The van der Waals surface area contributed by atoms with Crippen LogP contribution < -0.4 is 25.8 Å². The van der Waals surface area contributed by atoms with Crippen molar-refractivity contribution in [2.24, 2.45) is 5.41 Å². The molecule has 276 valence electrons. The summed E-state index contributed by atoms with van der Waals surface area (Å²) in [5.74, 6) is -0.119. The summed E-state index contributed by atoms with van der Waals surface area (Å²) in [5.41, 5.74) is 5.88. The molecule has 1 aliphatic heterocycles. The molecule has 53 heavy (non-hydrogen) atoms. The van der Waals surface area contributed by atoms with E-state index in [2.05, 4.69) is 39.3 Å². The zero-order valence-electron chi connectivity index (χ0n) is 29.1. The van der Waals surface area contributed by atoms with Crippen molar-refractivity contribution in [1.82, 2.24) is 5.43 Å². The molecule has 0 saturated carbocycles. The van der Waals surface area contributed by atoms with Gasteiger partial charge in [0.25, 0.3) is 11.6 Å². The first-order valence-electron chi connectivity index (χ1n) is 16.0. The van der Waals surface area contributed by atoms with E-state index in [0.29, 0.717) is 40.2 Å². The van der Waals surface area contributed by atoms with E-state index in [0.717, 1.165) is 16.8 Å².